The van der Waals surface area contributed by atoms with Crippen molar-refractivity contribution in [3.8, 4) is 0 Å². The summed E-state index contributed by atoms with van der Waals surface area (Å²) >= 11 is 1.47. The molecule has 0 saturated carbocycles. The molecule has 0 spiro atoms. The largest absolute Gasteiger partial charge is 0.357 e. The van der Waals surface area contributed by atoms with Crippen LogP contribution in [0.25, 0.3) is 0 Å². The molecule has 1 aliphatic heterocycles. The summed E-state index contributed by atoms with van der Waals surface area (Å²) in [6, 6.07) is 0. The normalized spacial score (nSPS) is 15.6. The van der Waals surface area contributed by atoms with Crippen LogP contribution in [0.4, 0.5) is 5.13 Å². The first kappa shape index (κ1) is 18.4. The molecule has 0 aromatic carbocycles. The van der Waals surface area contributed by atoms with Crippen molar-refractivity contribution in [1.82, 2.24) is 24.5 Å². The number of carbonyl (C=O) groups excluding carboxylic acids is 1. The molecule has 1 amide bonds. The van der Waals surface area contributed by atoms with Crippen LogP contribution in [0, 0.1) is 0 Å². The van der Waals surface area contributed by atoms with Crippen LogP contribution >= 0.6 is 11.5 Å². The number of piperazine rings is 1. The zero-order chi connectivity index (χ0) is 17.5. The Hall–Kier alpha value is -1.90. The van der Waals surface area contributed by atoms with Gasteiger partial charge in [0.15, 0.2) is 5.96 Å². The number of hydrogen-bond acceptors (Lipinski definition) is 6. The predicted octanol–water partition coefficient (Wildman–Crippen LogP) is 0.276. The summed E-state index contributed by atoms with van der Waals surface area (Å²) < 4.78 is 4.36. The van der Waals surface area contributed by atoms with Gasteiger partial charge >= 0.3 is 0 Å². The SMILES string of the molecule is CCNC(=NCC(=O)N(C)C)N1CCN(c2nc(CC)ns2)CC1. The van der Waals surface area contributed by atoms with E-state index in [2.05, 4.69) is 36.4 Å². The summed E-state index contributed by atoms with van der Waals surface area (Å²) in [5.41, 5.74) is 0. The molecular weight excluding hydrogens is 326 g/mol. The Kier molecular flexibility index (Phi) is 6.77. The van der Waals surface area contributed by atoms with E-state index in [9.17, 15) is 4.79 Å². The summed E-state index contributed by atoms with van der Waals surface area (Å²) in [5.74, 6) is 1.72. The van der Waals surface area contributed by atoms with Crippen molar-refractivity contribution < 1.29 is 4.79 Å². The third-order valence-corrected chi connectivity index (χ3v) is 4.64. The minimum Gasteiger partial charge on any atom is -0.357 e. The zero-order valence-corrected chi connectivity index (χ0v) is 15.8. The van der Waals surface area contributed by atoms with Crippen LogP contribution in [-0.2, 0) is 11.2 Å². The molecule has 134 valence electrons. The monoisotopic (exact) mass is 353 g/mol. The Labute approximate surface area is 147 Å². The number of anilines is 1. The van der Waals surface area contributed by atoms with Crippen LogP contribution in [0.5, 0.6) is 0 Å². The Morgan fingerprint density at radius 2 is 2.00 bits per heavy atom. The number of nitrogens with one attached hydrogen (secondary N) is 1. The number of aryl methyl sites for hydroxylation is 1. The van der Waals surface area contributed by atoms with E-state index in [0.29, 0.717) is 0 Å². The third kappa shape index (κ3) is 4.80. The highest BCUT2D eigenvalue weighted by molar-refractivity contribution is 7.09. The van der Waals surface area contributed by atoms with Gasteiger partial charge in [0, 0.05) is 64.8 Å². The number of nitrogens with zero attached hydrogens (tertiary/aromatic N) is 6. The van der Waals surface area contributed by atoms with Gasteiger partial charge in [-0.3, -0.25) is 4.79 Å². The summed E-state index contributed by atoms with van der Waals surface area (Å²) in [6.45, 7) is 8.52. The van der Waals surface area contributed by atoms with E-state index in [4.69, 9.17) is 0 Å². The number of likely N-dealkylation sites (N-methyl/N-ethyl adjacent to an activating group) is 1. The molecule has 0 aliphatic carbocycles. The van der Waals surface area contributed by atoms with Gasteiger partial charge in [-0.1, -0.05) is 6.92 Å². The summed E-state index contributed by atoms with van der Waals surface area (Å²) in [7, 11) is 3.49. The van der Waals surface area contributed by atoms with Crippen molar-refractivity contribution in [3.63, 3.8) is 0 Å². The van der Waals surface area contributed by atoms with Crippen LogP contribution in [0.2, 0.25) is 0 Å². The molecule has 8 nitrogen and oxygen atoms in total. The molecule has 0 radical (unpaired) electrons. The Morgan fingerprint density at radius 1 is 1.29 bits per heavy atom. The maximum absolute atomic E-state index is 11.8. The van der Waals surface area contributed by atoms with E-state index >= 15 is 0 Å². The van der Waals surface area contributed by atoms with Gasteiger partial charge in [0.25, 0.3) is 0 Å². The molecule has 9 heteroatoms. The van der Waals surface area contributed by atoms with Crippen LogP contribution in [0.15, 0.2) is 4.99 Å². The number of aromatic nitrogens is 2. The predicted molar refractivity (Wildman–Crippen MR) is 97.7 cm³/mol. The molecule has 0 atom stereocenters. The average Bonchev–Trinajstić information content (AvgIpc) is 3.07. The van der Waals surface area contributed by atoms with E-state index in [1.165, 1.54) is 11.5 Å². The number of guanidine groups is 1. The van der Waals surface area contributed by atoms with E-state index < -0.39 is 0 Å². The van der Waals surface area contributed by atoms with Gasteiger partial charge in [-0.2, -0.15) is 4.37 Å². The number of aliphatic imine (C=N–C) groups is 1. The van der Waals surface area contributed by atoms with Crippen molar-refractivity contribution in [2.75, 3.05) is 58.3 Å². The second-order valence-corrected chi connectivity index (χ2v) is 6.51. The topological polar surface area (TPSA) is 77.0 Å². The lowest BCUT2D eigenvalue weighted by Crippen LogP contribution is -2.52. The van der Waals surface area contributed by atoms with Crippen molar-refractivity contribution in [2.24, 2.45) is 4.99 Å². The molecule has 1 aromatic heterocycles. The highest BCUT2D eigenvalue weighted by atomic mass is 32.1. The molecular formula is C15H27N7OS. The third-order valence-electron chi connectivity index (χ3n) is 3.82. The average molecular weight is 353 g/mol. The highest BCUT2D eigenvalue weighted by Crippen LogP contribution is 2.19. The lowest BCUT2D eigenvalue weighted by molar-refractivity contribution is -0.127. The number of carbonyl (C=O) groups is 1. The van der Waals surface area contributed by atoms with Crippen molar-refractivity contribution in [1.29, 1.82) is 0 Å². The van der Waals surface area contributed by atoms with Gasteiger partial charge in [0.1, 0.15) is 12.4 Å². The van der Waals surface area contributed by atoms with Crippen LogP contribution in [-0.4, -0.2) is 84.4 Å². The second kappa shape index (κ2) is 8.81. The van der Waals surface area contributed by atoms with Crippen LogP contribution in [0.3, 0.4) is 0 Å². The number of amides is 1. The molecule has 0 bridgehead atoms. The van der Waals surface area contributed by atoms with Crippen molar-refractivity contribution in [3.05, 3.63) is 5.82 Å². The van der Waals surface area contributed by atoms with Crippen LogP contribution < -0.4 is 10.2 Å². The fourth-order valence-electron chi connectivity index (χ4n) is 2.34. The zero-order valence-electron chi connectivity index (χ0n) is 14.9. The van der Waals surface area contributed by atoms with Gasteiger partial charge < -0.3 is 20.0 Å². The number of hydrogen-bond donors (Lipinski definition) is 1. The van der Waals surface area contributed by atoms with Gasteiger partial charge in [-0.15, -0.1) is 0 Å². The second-order valence-electron chi connectivity index (χ2n) is 5.78. The first-order chi connectivity index (χ1) is 11.5. The van der Waals surface area contributed by atoms with E-state index in [1.807, 2.05) is 6.92 Å². The summed E-state index contributed by atoms with van der Waals surface area (Å²) in [6.07, 6.45) is 0.869. The van der Waals surface area contributed by atoms with E-state index in [0.717, 1.165) is 56.1 Å². The molecule has 1 N–H and O–H groups in total. The maximum Gasteiger partial charge on any atom is 0.243 e. The molecule has 0 unspecified atom stereocenters. The maximum atomic E-state index is 11.8. The molecule has 2 heterocycles. The summed E-state index contributed by atoms with van der Waals surface area (Å²) in [4.78, 5) is 26.8. The van der Waals surface area contributed by atoms with Crippen molar-refractivity contribution in [2.45, 2.75) is 20.3 Å². The minimum atomic E-state index is 0.00462. The lowest BCUT2D eigenvalue weighted by atomic mass is 10.3. The molecule has 1 aromatic rings. The van der Waals surface area contributed by atoms with Gasteiger partial charge in [0.2, 0.25) is 11.0 Å². The Bertz CT molecular complexity index is 564. The molecule has 1 fully saturated rings. The fraction of sp³-hybridized carbons (Fsp3) is 0.733. The lowest BCUT2D eigenvalue weighted by Gasteiger charge is -2.36. The van der Waals surface area contributed by atoms with Gasteiger partial charge in [0.05, 0.1) is 0 Å². The molecule has 1 aliphatic rings. The van der Waals surface area contributed by atoms with E-state index in [1.54, 1.807) is 19.0 Å². The van der Waals surface area contributed by atoms with E-state index in [-0.39, 0.29) is 12.5 Å². The Morgan fingerprint density at radius 3 is 2.54 bits per heavy atom. The quantitative estimate of drug-likeness (QED) is 0.605. The minimum absolute atomic E-state index is 0.00462. The number of rotatable bonds is 5. The molecule has 24 heavy (non-hydrogen) atoms. The first-order valence-corrected chi connectivity index (χ1v) is 9.13. The van der Waals surface area contributed by atoms with Crippen LogP contribution in [0.1, 0.15) is 19.7 Å². The fourth-order valence-corrected chi connectivity index (χ4v) is 3.14. The highest BCUT2D eigenvalue weighted by Gasteiger charge is 2.22. The molecule has 2 rings (SSSR count). The van der Waals surface area contributed by atoms with Gasteiger partial charge in [-0.05, 0) is 6.92 Å². The summed E-state index contributed by atoms with van der Waals surface area (Å²) in [5, 5.41) is 4.27. The molecule has 1 saturated heterocycles. The van der Waals surface area contributed by atoms with Gasteiger partial charge in [-0.25, -0.2) is 9.98 Å². The Balaban J connectivity index is 1.94. The smallest absolute Gasteiger partial charge is 0.243 e. The first-order valence-electron chi connectivity index (χ1n) is 8.36. The standard InChI is InChI=1S/C15H27N7OS/c1-5-12-18-15(24-19-12)22-9-7-21(8-10-22)14(16-6-2)17-11-13(23)20(3)4/h5-11H2,1-4H3,(H,16,17). The van der Waals surface area contributed by atoms with Crippen molar-refractivity contribution >= 4 is 28.5 Å².